The summed E-state index contributed by atoms with van der Waals surface area (Å²) in [6.07, 6.45) is 4.84. The van der Waals surface area contributed by atoms with Crippen LogP contribution in [0.15, 0.2) is 35.6 Å². The van der Waals surface area contributed by atoms with Gasteiger partial charge in [0.1, 0.15) is 10.7 Å². The van der Waals surface area contributed by atoms with Gasteiger partial charge in [-0.25, -0.2) is 13.4 Å². The fraction of sp³-hybridized carbons (Fsp3) is 0.273. The Balaban J connectivity index is 2.27. The topological polar surface area (TPSA) is 94.1 Å². The highest BCUT2D eigenvalue weighted by Gasteiger charge is 2.24. The second kappa shape index (κ2) is 4.98. The van der Waals surface area contributed by atoms with Crippen LogP contribution in [0.5, 0.6) is 0 Å². The number of aryl methyl sites for hydroxylation is 1. The Labute approximate surface area is 111 Å². The average molecular weight is 281 g/mol. The number of nitrogens with two attached hydrogens (primary N) is 1. The van der Waals surface area contributed by atoms with Crippen LogP contribution in [0.2, 0.25) is 0 Å². The SMILES string of the molecule is CN(Cc1cnn(C)c1)S(=O)(=O)c1cccnc1N. The molecule has 8 heteroatoms. The summed E-state index contributed by atoms with van der Waals surface area (Å²) in [5, 5.41) is 4.00. The van der Waals surface area contributed by atoms with E-state index in [1.165, 1.54) is 23.6 Å². The summed E-state index contributed by atoms with van der Waals surface area (Å²) in [5.41, 5.74) is 6.41. The molecule has 0 amide bonds. The molecule has 0 saturated heterocycles. The molecule has 0 bridgehead atoms. The van der Waals surface area contributed by atoms with Crippen molar-refractivity contribution in [3.8, 4) is 0 Å². The normalized spacial score (nSPS) is 11.9. The van der Waals surface area contributed by atoms with Gasteiger partial charge in [0, 0.05) is 38.6 Å². The minimum absolute atomic E-state index is 0.000497. The summed E-state index contributed by atoms with van der Waals surface area (Å²) in [6.45, 7) is 0.227. The van der Waals surface area contributed by atoms with Gasteiger partial charge in [-0.15, -0.1) is 0 Å². The molecule has 2 aromatic heterocycles. The molecule has 0 aliphatic rings. The van der Waals surface area contributed by atoms with Crippen LogP contribution in [-0.4, -0.2) is 34.5 Å². The molecule has 2 N–H and O–H groups in total. The van der Waals surface area contributed by atoms with Gasteiger partial charge in [0.05, 0.1) is 6.20 Å². The van der Waals surface area contributed by atoms with E-state index in [4.69, 9.17) is 5.73 Å². The zero-order valence-corrected chi connectivity index (χ0v) is 11.5. The number of hydrogen-bond acceptors (Lipinski definition) is 5. The van der Waals surface area contributed by atoms with Crippen LogP contribution < -0.4 is 5.73 Å². The molecule has 19 heavy (non-hydrogen) atoms. The monoisotopic (exact) mass is 281 g/mol. The van der Waals surface area contributed by atoms with Crippen LogP contribution >= 0.6 is 0 Å². The molecule has 102 valence electrons. The second-order valence-corrected chi connectivity index (χ2v) is 6.18. The standard InChI is InChI=1S/C11H15N5O2S/c1-15-7-9(6-14-15)8-16(2)19(17,18)10-4-3-5-13-11(10)12/h3-7H,8H2,1-2H3,(H2,12,13). The molecule has 0 saturated carbocycles. The third kappa shape index (κ3) is 2.74. The predicted octanol–water partition coefficient (Wildman–Crippen LogP) is 0.218. The molecule has 0 fully saturated rings. The highest BCUT2D eigenvalue weighted by atomic mass is 32.2. The molecular formula is C11H15N5O2S. The van der Waals surface area contributed by atoms with Gasteiger partial charge in [0.25, 0.3) is 0 Å². The smallest absolute Gasteiger partial charge is 0.246 e. The Hall–Kier alpha value is -1.93. The van der Waals surface area contributed by atoms with Crippen molar-refractivity contribution < 1.29 is 8.42 Å². The van der Waals surface area contributed by atoms with E-state index in [9.17, 15) is 8.42 Å². The largest absolute Gasteiger partial charge is 0.383 e. The van der Waals surface area contributed by atoms with Gasteiger partial charge in [-0.1, -0.05) is 0 Å². The van der Waals surface area contributed by atoms with Gasteiger partial charge in [-0.05, 0) is 12.1 Å². The van der Waals surface area contributed by atoms with Crippen LogP contribution in [-0.2, 0) is 23.6 Å². The fourth-order valence-electron chi connectivity index (χ4n) is 1.68. The Morgan fingerprint density at radius 2 is 2.21 bits per heavy atom. The number of anilines is 1. The summed E-state index contributed by atoms with van der Waals surface area (Å²) in [4.78, 5) is 3.81. The highest BCUT2D eigenvalue weighted by Crippen LogP contribution is 2.20. The molecule has 0 radical (unpaired) electrons. The molecule has 2 rings (SSSR count). The maximum absolute atomic E-state index is 12.3. The zero-order chi connectivity index (χ0) is 14.0. The van der Waals surface area contributed by atoms with Crippen molar-refractivity contribution in [1.82, 2.24) is 19.1 Å². The Bertz CT molecular complexity index is 680. The van der Waals surface area contributed by atoms with Crippen molar-refractivity contribution in [2.75, 3.05) is 12.8 Å². The van der Waals surface area contributed by atoms with E-state index in [1.807, 2.05) is 0 Å². The molecule has 2 aromatic rings. The van der Waals surface area contributed by atoms with Gasteiger partial charge in [0.2, 0.25) is 10.0 Å². The van der Waals surface area contributed by atoms with Crippen LogP contribution in [0.4, 0.5) is 5.82 Å². The number of rotatable bonds is 4. The Kier molecular flexibility index (Phi) is 3.54. The first-order valence-corrected chi connectivity index (χ1v) is 6.99. The molecular weight excluding hydrogens is 266 g/mol. The van der Waals surface area contributed by atoms with Gasteiger partial charge < -0.3 is 5.73 Å². The minimum atomic E-state index is -3.65. The van der Waals surface area contributed by atoms with Gasteiger partial charge >= 0.3 is 0 Å². The predicted molar refractivity (Wildman–Crippen MR) is 70.5 cm³/mol. The number of hydrogen-bond donors (Lipinski definition) is 1. The molecule has 0 aliphatic carbocycles. The quantitative estimate of drug-likeness (QED) is 0.865. The van der Waals surface area contributed by atoms with E-state index in [2.05, 4.69) is 10.1 Å². The summed E-state index contributed by atoms with van der Waals surface area (Å²) < 4.78 is 27.5. The van der Waals surface area contributed by atoms with E-state index in [-0.39, 0.29) is 17.3 Å². The van der Waals surface area contributed by atoms with Crippen molar-refractivity contribution in [2.24, 2.45) is 7.05 Å². The Morgan fingerprint density at radius 1 is 1.47 bits per heavy atom. The Morgan fingerprint density at radius 3 is 2.79 bits per heavy atom. The number of sulfonamides is 1. The lowest BCUT2D eigenvalue weighted by molar-refractivity contribution is 0.466. The maximum atomic E-state index is 12.3. The van der Waals surface area contributed by atoms with Gasteiger partial charge in [-0.3, -0.25) is 4.68 Å². The molecule has 0 unspecified atom stereocenters. The third-order valence-electron chi connectivity index (χ3n) is 2.65. The first-order valence-electron chi connectivity index (χ1n) is 5.55. The summed E-state index contributed by atoms with van der Waals surface area (Å²) in [7, 11) is -0.380. The maximum Gasteiger partial charge on any atom is 0.246 e. The number of nitrogen functional groups attached to an aromatic ring is 1. The average Bonchev–Trinajstić information content (AvgIpc) is 2.75. The van der Waals surface area contributed by atoms with E-state index in [0.29, 0.717) is 0 Å². The first kappa shape index (κ1) is 13.5. The minimum Gasteiger partial charge on any atom is -0.383 e. The highest BCUT2D eigenvalue weighted by molar-refractivity contribution is 7.89. The van der Waals surface area contributed by atoms with Crippen molar-refractivity contribution in [1.29, 1.82) is 0 Å². The second-order valence-electron chi connectivity index (χ2n) is 4.17. The molecule has 0 aromatic carbocycles. The van der Waals surface area contributed by atoms with Crippen LogP contribution in [0.25, 0.3) is 0 Å². The summed E-state index contributed by atoms with van der Waals surface area (Å²) in [5.74, 6) is 0.000497. The molecule has 0 atom stereocenters. The summed E-state index contributed by atoms with van der Waals surface area (Å²) >= 11 is 0. The lowest BCUT2D eigenvalue weighted by atomic mass is 10.4. The third-order valence-corrected chi connectivity index (χ3v) is 4.50. The van der Waals surface area contributed by atoms with Crippen LogP contribution in [0, 0.1) is 0 Å². The van der Waals surface area contributed by atoms with Crippen LogP contribution in [0.3, 0.4) is 0 Å². The van der Waals surface area contributed by atoms with E-state index in [0.717, 1.165) is 5.56 Å². The van der Waals surface area contributed by atoms with Gasteiger partial charge in [0.15, 0.2) is 0 Å². The first-order chi connectivity index (χ1) is 8.91. The van der Waals surface area contributed by atoms with Crippen molar-refractivity contribution >= 4 is 15.8 Å². The molecule has 7 nitrogen and oxygen atoms in total. The number of pyridine rings is 1. The molecule has 2 heterocycles. The lowest BCUT2D eigenvalue weighted by Gasteiger charge is -2.16. The molecule has 0 aliphatic heterocycles. The lowest BCUT2D eigenvalue weighted by Crippen LogP contribution is -2.27. The van der Waals surface area contributed by atoms with Crippen molar-refractivity contribution in [2.45, 2.75) is 11.4 Å². The fourth-order valence-corrected chi connectivity index (χ4v) is 2.91. The van der Waals surface area contributed by atoms with Crippen LogP contribution in [0.1, 0.15) is 5.56 Å². The zero-order valence-electron chi connectivity index (χ0n) is 10.7. The van der Waals surface area contributed by atoms with Gasteiger partial charge in [-0.2, -0.15) is 9.40 Å². The number of nitrogens with zero attached hydrogens (tertiary/aromatic N) is 4. The van der Waals surface area contributed by atoms with E-state index < -0.39 is 10.0 Å². The summed E-state index contributed by atoms with van der Waals surface area (Å²) in [6, 6.07) is 2.98. The molecule has 0 spiro atoms. The van der Waals surface area contributed by atoms with Crippen molar-refractivity contribution in [3.63, 3.8) is 0 Å². The number of aromatic nitrogens is 3. The van der Waals surface area contributed by atoms with Crippen molar-refractivity contribution in [3.05, 3.63) is 36.3 Å². The van der Waals surface area contributed by atoms with E-state index >= 15 is 0 Å². The van der Waals surface area contributed by atoms with E-state index in [1.54, 1.807) is 30.2 Å².